The lowest BCUT2D eigenvalue weighted by atomic mass is 9.95. The Labute approximate surface area is 119 Å². The quantitative estimate of drug-likeness (QED) is 0.360. The number of methoxy groups -OCH3 is 1. The summed E-state index contributed by atoms with van der Waals surface area (Å²) in [5.74, 6) is -0.638. The largest absolute Gasteiger partial charge is 0.508 e. The van der Waals surface area contributed by atoms with E-state index in [2.05, 4.69) is 5.16 Å². The fourth-order valence-corrected chi connectivity index (χ4v) is 1.71. The molecule has 0 aromatic heterocycles. The molecule has 0 aliphatic carbocycles. The van der Waals surface area contributed by atoms with Gasteiger partial charge in [-0.2, -0.15) is 0 Å². The molecule has 1 aromatic rings. The van der Waals surface area contributed by atoms with Crippen molar-refractivity contribution in [2.75, 3.05) is 13.7 Å². The van der Waals surface area contributed by atoms with Crippen molar-refractivity contribution in [2.45, 2.75) is 26.7 Å². The summed E-state index contributed by atoms with van der Waals surface area (Å²) in [4.78, 5) is 17.0. The van der Waals surface area contributed by atoms with Gasteiger partial charge in [-0.1, -0.05) is 24.2 Å². The maximum Gasteiger partial charge on any atom is 0.314 e. The number of phenolic OH excluding ortho intramolecular Hbond substituents is 1. The summed E-state index contributed by atoms with van der Waals surface area (Å²) in [7, 11) is 1.35. The highest BCUT2D eigenvalue weighted by Gasteiger charge is 2.23. The standard InChI is InChI=1S/C15H21NO4/c1-4-9-20-16-11(2)14(15(18)19-3)10-12-5-7-13(17)8-6-12/h5-8,14,17H,4,9-10H2,1-3H3/b16-11+. The van der Waals surface area contributed by atoms with E-state index in [1.54, 1.807) is 31.2 Å². The van der Waals surface area contributed by atoms with Crippen molar-refractivity contribution in [3.63, 3.8) is 0 Å². The Kier molecular flexibility index (Phi) is 6.56. The average molecular weight is 279 g/mol. The van der Waals surface area contributed by atoms with Crippen LogP contribution in [0.2, 0.25) is 0 Å². The van der Waals surface area contributed by atoms with Crippen LogP contribution in [0.3, 0.4) is 0 Å². The first-order valence-electron chi connectivity index (χ1n) is 6.60. The van der Waals surface area contributed by atoms with Crippen LogP contribution in [-0.2, 0) is 20.8 Å². The lowest BCUT2D eigenvalue weighted by Gasteiger charge is -2.14. The molecule has 0 aliphatic heterocycles. The molecule has 0 radical (unpaired) electrons. The number of oxime groups is 1. The fraction of sp³-hybridized carbons (Fsp3) is 0.467. The lowest BCUT2D eigenvalue weighted by Crippen LogP contribution is -2.26. The van der Waals surface area contributed by atoms with E-state index in [4.69, 9.17) is 9.57 Å². The van der Waals surface area contributed by atoms with Crippen LogP contribution in [-0.4, -0.2) is 30.5 Å². The van der Waals surface area contributed by atoms with Gasteiger partial charge in [0.15, 0.2) is 0 Å². The summed E-state index contributed by atoms with van der Waals surface area (Å²) < 4.78 is 4.81. The van der Waals surface area contributed by atoms with Gasteiger partial charge in [0.05, 0.1) is 12.8 Å². The minimum atomic E-state index is -0.485. The number of aromatic hydroxyl groups is 1. The van der Waals surface area contributed by atoms with E-state index in [1.165, 1.54) is 7.11 Å². The molecule has 5 nitrogen and oxygen atoms in total. The van der Waals surface area contributed by atoms with Gasteiger partial charge in [0, 0.05) is 0 Å². The molecule has 0 fully saturated rings. The van der Waals surface area contributed by atoms with Crippen molar-refractivity contribution < 1.29 is 19.5 Å². The molecule has 0 heterocycles. The normalized spacial score (nSPS) is 12.8. The summed E-state index contributed by atoms with van der Waals surface area (Å²) in [5.41, 5.74) is 1.50. The summed E-state index contributed by atoms with van der Waals surface area (Å²) in [6.45, 7) is 4.25. The first kappa shape index (κ1) is 16.0. The number of phenols is 1. The highest BCUT2D eigenvalue weighted by Crippen LogP contribution is 2.16. The van der Waals surface area contributed by atoms with Gasteiger partial charge in [-0.05, 0) is 37.5 Å². The van der Waals surface area contributed by atoms with Crippen molar-refractivity contribution in [3.05, 3.63) is 29.8 Å². The maximum atomic E-state index is 11.8. The number of carbonyl (C=O) groups is 1. The zero-order chi connectivity index (χ0) is 15.0. The number of hydrogen-bond donors (Lipinski definition) is 1. The lowest BCUT2D eigenvalue weighted by molar-refractivity contribution is -0.143. The molecule has 110 valence electrons. The van der Waals surface area contributed by atoms with E-state index in [0.717, 1.165) is 12.0 Å². The second-order valence-corrected chi connectivity index (χ2v) is 4.51. The van der Waals surface area contributed by atoms with E-state index in [0.29, 0.717) is 18.7 Å². The monoisotopic (exact) mass is 279 g/mol. The molecule has 1 rings (SSSR count). The van der Waals surface area contributed by atoms with Crippen molar-refractivity contribution in [3.8, 4) is 5.75 Å². The Bertz CT molecular complexity index is 453. The minimum Gasteiger partial charge on any atom is -0.508 e. The number of nitrogens with zero attached hydrogens (tertiary/aromatic N) is 1. The fourth-order valence-electron chi connectivity index (χ4n) is 1.71. The van der Waals surface area contributed by atoms with Crippen LogP contribution in [0, 0.1) is 5.92 Å². The number of esters is 1. The summed E-state index contributed by atoms with van der Waals surface area (Å²) in [6, 6.07) is 6.71. The predicted octanol–water partition coefficient (Wildman–Crippen LogP) is 2.53. The number of hydrogen-bond acceptors (Lipinski definition) is 5. The van der Waals surface area contributed by atoms with Crippen LogP contribution in [0.1, 0.15) is 25.8 Å². The topological polar surface area (TPSA) is 68.1 Å². The van der Waals surface area contributed by atoms with Crippen LogP contribution in [0.4, 0.5) is 0 Å². The molecule has 1 aromatic carbocycles. The minimum absolute atomic E-state index is 0.194. The molecule has 0 saturated carbocycles. The van der Waals surface area contributed by atoms with Gasteiger partial charge in [0.1, 0.15) is 18.3 Å². The summed E-state index contributed by atoms with van der Waals surface area (Å²) >= 11 is 0. The third-order valence-corrected chi connectivity index (χ3v) is 2.87. The highest BCUT2D eigenvalue weighted by atomic mass is 16.6. The molecule has 0 bridgehead atoms. The average Bonchev–Trinajstić information content (AvgIpc) is 2.46. The van der Waals surface area contributed by atoms with Gasteiger partial charge in [0.2, 0.25) is 0 Å². The van der Waals surface area contributed by atoms with Crippen LogP contribution in [0.25, 0.3) is 0 Å². The first-order chi connectivity index (χ1) is 9.58. The molecular formula is C15H21NO4. The van der Waals surface area contributed by atoms with Crippen LogP contribution in [0.15, 0.2) is 29.4 Å². The highest BCUT2D eigenvalue weighted by molar-refractivity contribution is 6.00. The van der Waals surface area contributed by atoms with Crippen LogP contribution >= 0.6 is 0 Å². The molecular weight excluding hydrogens is 258 g/mol. The van der Waals surface area contributed by atoms with Crippen LogP contribution < -0.4 is 0 Å². The van der Waals surface area contributed by atoms with Gasteiger partial charge >= 0.3 is 5.97 Å². The SMILES string of the molecule is CCCO/N=C(\C)C(Cc1ccc(O)cc1)C(=O)OC. The van der Waals surface area contributed by atoms with Gasteiger partial charge in [-0.15, -0.1) is 0 Å². The molecule has 1 atom stereocenters. The van der Waals surface area contributed by atoms with Crippen molar-refractivity contribution in [1.82, 2.24) is 0 Å². The molecule has 0 amide bonds. The second kappa shape index (κ2) is 8.19. The Morgan fingerprint density at radius 2 is 2.00 bits per heavy atom. The Balaban J connectivity index is 2.81. The summed E-state index contributed by atoms with van der Waals surface area (Å²) in [5, 5.41) is 13.2. The van der Waals surface area contributed by atoms with Crippen molar-refractivity contribution in [2.24, 2.45) is 11.1 Å². The van der Waals surface area contributed by atoms with Gasteiger partial charge in [-0.25, -0.2) is 0 Å². The molecule has 0 saturated heterocycles. The number of ether oxygens (including phenoxy) is 1. The van der Waals surface area contributed by atoms with Crippen LogP contribution in [0.5, 0.6) is 5.75 Å². The molecule has 1 unspecified atom stereocenters. The van der Waals surface area contributed by atoms with E-state index in [1.807, 2.05) is 6.92 Å². The molecule has 0 spiro atoms. The molecule has 0 aliphatic rings. The second-order valence-electron chi connectivity index (χ2n) is 4.51. The van der Waals surface area contributed by atoms with E-state index in [-0.39, 0.29) is 11.7 Å². The zero-order valence-electron chi connectivity index (χ0n) is 12.1. The smallest absolute Gasteiger partial charge is 0.314 e. The Morgan fingerprint density at radius 3 is 2.55 bits per heavy atom. The summed E-state index contributed by atoms with van der Waals surface area (Å²) in [6.07, 6.45) is 1.31. The molecule has 5 heteroatoms. The molecule has 1 N–H and O–H groups in total. The van der Waals surface area contributed by atoms with Gasteiger partial charge in [0.25, 0.3) is 0 Å². The predicted molar refractivity (Wildman–Crippen MR) is 76.7 cm³/mol. The third-order valence-electron chi connectivity index (χ3n) is 2.87. The first-order valence-corrected chi connectivity index (χ1v) is 6.60. The maximum absolute atomic E-state index is 11.8. The van der Waals surface area contributed by atoms with Gasteiger partial charge < -0.3 is 14.7 Å². The molecule has 20 heavy (non-hydrogen) atoms. The Hall–Kier alpha value is -2.04. The van der Waals surface area contributed by atoms with E-state index < -0.39 is 5.92 Å². The van der Waals surface area contributed by atoms with Crippen molar-refractivity contribution in [1.29, 1.82) is 0 Å². The zero-order valence-corrected chi connectivity index (χ0v) is 12.1. The number of rotatable bonds is 7. The number of carbonyl (C=O) groups excluding carboxylic acids is 1. The third kappa shape index (κ3) is 4.91. The van der Waals surface area contributed by atoms with Crippen molar-refractivity contribution >= 4 is 11.7 Å². The van der Waals surface area contributed by atoms with E-state index >= 15 is 0 Å². The van der Waals surface area contributed by atoms with Gasteiger partial charge in [-0.3, -0.25) is 4.79 Å². The number of benzene rings is 1. The van der Waals surface area contributed by atoms with E-state index in [9.17, 15) is 9.90 Å². The Morgan fingerprint density at radius 1 is 1.35 bits per heavy atom.